The van der Waals surface area contributed by atoms with Crippen LogP contribution in [0, 0.1) is 6.92 Å². The molecule has 0 saturated heterocycles. The van der Waals surface area contributed by atoms with Gasteiger partial charge in [0.15, 0.2) is 9.58 Å². The maximum atomic E-state index is 12.4. The lowest BCUT2D eigenvalue weighted by molar-refractivity contribution is 0.0971. The molecule has 0 amide bonds. The second kappa shape index (κ2) is 5.88. The van der Waals surface area contributed by atoms with Crippen molar-refractivity contribution < 1.29 is 4.79 Å². The highest BCUT2D eigenvalue weighted by atomic mass is 35.6. The predicted octanol–water partition coefficient (Wildman–Crippen LogP) is 4.61. The first-order chi connectivity index (χ1) is 10.4. The molecule has 1 aliphatic rings. The quantitative estimate of drug-likeness (QED) is 0.736. The van der Waals surface area contributed by atoms with Crippen molar-refractivity contribution in [2.75, 3.05) is 0 Å². The van der Waals surface area contributed by atoms with E-state index in [1.54, 1.807) is 12.4 Å². The minimum atomic E-state index is -1.42. The van der Waals surface area contributed by atoms with Crippen molar-refractivity contribution in [3.05, 3.63) is 47.0 Å². The second-order valence-corrected chi connectivity index (χ2v) is 8.02. The van der Waals surface area contributed by atoms with Gasteiger partial charge in [0, 0.05) is 36.0 Å². The molecule has 2 aromatic heterocycles. The smallest absolute Gasteiger partial charge is 0.194 e. The Kier molecular flexibility index (Phi) is 4.23. The zero-order valence-electron chi connectivity index (χ0n) is 12.1. The number of Topliss-reactive ketones (excluding diaryl/α,β-unsaturated/α-hetero) is 1. The maximum Gasteiger partial charge on any atom is 0.194 e. The topological polar surface area (TPSA) is 34.9 Å². The summed E-state index contributed by atoms with van der Waals surface area (Å²) < 4.78 is 0.655. The number of aromatic nitrogens is 2. The number of hydrogen-bond acceptors (Lipinski definition) is 2. The summed E-state index contributed by atoms with van der Waals surface area (Å²) in [5.41, 5.74) is 4.45. The Labute approximate surface area is 144 Å². The highest BCUT2D eigenvalue weighted by Crippen LogP contribution is 2.38. The highest BCUT2D eigenvalue weighted by Gasteiger charge is 2.32. The lowest BCUT2D eigenvalue weighted by atomic mass is 9.92. The number of rotatable bonds is 2. The number of halogens is 3. The average Bonchev–Trinajstić information content (AvgIpc) is 2.72. The summed E-state index contributed by atoms with van der Waals surface area (Å²) in [6.07, 6.45) is 5.98. The third-order valence-electron chi connectivity index (χ3n) is 4.01. The fourth-order valence-electron chi connectivity index (χ4n) is 3.16. The Hall–Kier alpha value is -1.03. The first kappa shape index (κ1) is 15.9. The standard InChI is InChI=1S/C16H15Cl3N2O/c1-10-12(8-16(17,18)19)15-13(5-2-6-14(15)22)21(10)11-4-3-7-20-9-11/h3-4,7,9H,2,5-6,8H2,1H3. The highest BCUT2D eigenvalue weighted by molar-refractivity contribution is 6.67. The molecule has 0 N–H and O–H groups in total. The number of ketones is 1. The van der Waals surface area contributed by atoms with E-state index in [1.807, 2.05) is 19.1 Å². The van der Waals surface area contributed by atoms with E-state index in [0.29, 0.717) is 6.42 Å². The molecule has 0 spiro atoms. The summed E-state index contributed by atoms with van der Waals surface area (Å²) >= 11 is 17.9. The van der Waals surface area contributed by atoms with Gasteiger partial charge in [0.1, 0.15) is 0 Å². The summed E-state index contributed by atoms with van der Waals surface area (Å²) in [6.45, 7) is 1.96. The Morgan fingerprint density at radius 1 is 1.32 bits per heavy atom. The van der Waals surface area contributed by atoms with Gasteiger partial charge in [0.05, 0.1) is 11.9 Å². The van der Waals surface area contributed by atoms with Gasteiger partial charge >= 0.3 is 0 Å². The zero-order chi connectivity index (χ0) is 15.9. The molecule has 0 fully saturated rings. The lowest BCUT2D eigenvalue weighted by Crippen LogP contribution is -2.15. The Morgan fingerprint density at radius 2 is 2.09 bits per heavy atom. The van der Waals surface area contributed by atoms with E-state index in [0.717, 1.165) is 41.0 Å². The van der Waals surface area contributed by atoms with Gasteiger partial charge in [-0.25, -0.2) is 0 Å². The van der Waals surface area contributed by atoms with Gasteiger partial charge in [-0.15, -0.1) is 0 Å². The zero-order valence-corrected chi connectivity index (χ0v) is 14.3. The summed E-state index contributed by atoms with van der Waals surface area (Å²) in [5, 5.41) is 0. The molecule has 0 saturated carbocycles. The van der Waals surface area contributed by atoms with E-state index >= 15 is 0 Å². The van der Waals surface area contributed by atoms with Crippen molar-refractivity contribution in [1.29, 1.82) is 0 Å². The molecule has 1 aliphatic carbocycles. The van der Waals surface area contributed by atoms with Crippen molar-refractivity contribution in [3.8, 4) is 5.69 Å². The molecule has 0 unspecified atom stereocenters. The molecule has 0 atom stereocenters. The maximum absolute atomic E-state index is 12.4. The van der Waals surface area contributed by atoms with E-state index in [9.17, 15) is 4.79 Å². The molecule has 0 aliphatic heterocycles. The second-order valence-electron chi connectivity index (χ2n) is 5.50. The summed E-state index contributed by atoms with van der Waals surface area (Å²) in [4.78, 5) is 16.6. The molecule has 116 valence electrons. The minimum Gasteiger partial charge on any atom is -0.316 e. The van der Waals surface area contributed by atoms with Crippen LogP contribution in [0.1, 0.15) is 40.2 Å². The molecular weight excluding hydrogens is 343 g/mol. The van der Waals surface area contributed by atoms with Gasteiger partial charge in [-0.1, -0.05) is 34.8 Å². The normalized spacial score (nSPS) is 15.0. The van der Waals surface area contributed by atoms with E-state index in [-0.39, 0.29) is 12.2 Å². The van der Waals surface area contributed by atoms with Crippen molar-refractivity contribution in [2.24, 2.45) is 0 Å². The van der Waals surface area contributed by atoms with Crippen LogP contribution in [-0.2, 0) is 12.8 Å². The third kappa shape index (κ3) is 2.90. The molecule has 3 rings (SSSR count). The largest absolute Gasteiger partial charge is 0.316 e. The van der Waals surface area contributed by atoms with E-state index in [2.05, 4.69) is 9.55 Å². The SMILES string of the molecule is Cc1c(CC(Cl)(Cl)Cl)c2c(n1-c1cccnc1)CCCC2=O. The Morgan fingerprint density at radius 3 is 2.73 bits per heavy atom. The van der Waals surface area contributed by atoms with Crippen molar-refractivity contribution in [2.45, 2.75) is 36.4 Å². The first-order valence-electron chi connectivity index (χ1n) is 7.12. The van der Waals surface area contributed by atoms with Crippen molar-refractivity contribution in [1.82, 2.24) is 9.55 Å². The van der Waals surface area contributed by atoms with Crippen LogP contribution in [0.15, 0.2) is 24.5 Å². The van der Waals surface area contributed by atoms with Crippen LogP contribution in [-0.4, -0.2) is 19.1 Å². The van der Waals surface area contributed by atoms with Gasteiger partial charge < -0.3 is 4.57 Å². The Bertz CT molecular complexity index is 717. The van der Waals surface area contributed by atoms with Crippen LogP contribution in [0.4, 0.5) is 0 Å². The molecule has 22 heavy (non-hydrogen) atoms. The molecule has 2 heterocycles. The van der Waals surface area contributed by atoms with E-state index < -0.39 is 3.79 Å². The van der Waals surface area contributed by atoms with Crippen LogP contribution in [0.3, 0.4) is 0 Å². The monoisotopic (exact) mass is 356 g/mol. The average molecular weight is 358 g/mol. The summed E-state index contributed by atoms with van der Waals surface area (Å²) in [5.74, 6) is 0.135. The molecule has 6 heteroatoms. The van der Waals surface area contributed by atoms with E-state index in [4.69, 9.17) is 34.8 Å². The molecule has 0 aromatic carbocycles. The van der Waals surface area contributed by atoms with Crippen molar-refractivity contribution >= 4 is 40.6 Å². The molecule has 2 aromatic rings. The third-order valence-corrected chi connectivity index (χ3v) is 4.41. The van der Waals surface area contributed by atoms with Crippen LogP contribution >= 0.6 is 34.8 Å². The van der Waals surface area contributed by atoms with Crippen LogP contribution in [0.5, 0.6) is 0 Å². The minimum absolute atomic E-state index is 0.135. The van der Waals surface area contributed by atoms with Gasteiger partial charge in [0.2, 0.25) is 0 Å². The van der Waals surface area contributed by atoms with Gasteiger partial charge in [-0.2, -0.15) is 0 Å². The van der Waals surface area contributed by atoms with Gasteiger partial charge in [-0.3, -0.25) is 9.78 Å². The number of fused-ring (bicyclic) bond motifs is 1. The summed E-state index contributed by atoms with van der Waals surface area (Å²) in [6, 6.07) is 3.85. The fourth-order valence-corrected chi connectivity index (χ4v) is 3.56. The van der Waals surface area contributed by atoms with Crippen LogP contribution in [0.25, 0.3) is 5.69 Å². The predicted molar refractivity (Wildman–Crippen MR) is 89.6 cm³/mol. The number of alkyl halides is 3. The molecule has 3 nitrogen and oxygen atoms in total. The molecule has 0 bridgehead atoms. The van der Waals surface area contributed by atoms with E-state index in [1.165, 1.54) is 0 Å². The van der Waals surface area contributed by atoms with Crippen LogP contribution in [0.2, 0.25) is 0 Å². The number of pyridine rings is 1. The van der Waals surface area contributed by atoms with Crippen molar-refractivity contribution in [3.63, 3.8) is 0 Å². The number of hydrogen-bond donors (Lipinski definition) is 0. The number of carbonyl (C=O) groups excluding carboxylic acids is 1. The number of carbonyl (C=O) groups is 1. The lowest BCUT2D eigenvalue weighted by Gasteiger charge is -2.16. The van der Waals surface area contributed by atoms with Crippen LogP contribution < -0.4 is 0 Å². The fraction of sp³-hybridized carbons (Fsp3) is 0.375. The van der Waals surface area contributed by atoms with Gasteiger partial charge in [0.25, 0.3) is 0 Å². The first-order valence-corrected chi connectivity index (χ1v) is 8.25. The van der Waals surface area contributed by atoms with Gasteiger partial charge in [-0.05, 0) is 37.5 Å². The molecule has 0 radical (unpaired) electrons. The number of nitrogens with zero attached hydrogens (tertiary/aromatic N) is 2. The Balaban J connectivity index is 2.24. The summed E-state index contributed by atoms with van der Waals surface area (Å²) in [7, 11) is 0. The molecular formula is C16H15Cl3N2O.